The van der Waals surface area contributed by atoms with Gasteiger partial charge in [0.05, 0.1) is 0 Å². The van der Waals surface area contributed by atoms with Gasteiger partial charge in [0.1, 0.15) is 36.3 Å². The Kier molecular flexibility index (Phi) is 16.4. The first kappa shape index (κ1) is 44.7. The Balaban J connectivity index is 2.19. The molecule has 1 aliphatic heterocycles. The first-order valence-electron chi connectivity index (χ1n) is 18.6. The maximum absolute atomic E-state index is 14.2. The summed E-state index contributed by atoms with van der Waals surface area (Å²) >= 11 is 6.26. The van der Waals surface area contributed by atoms with Crippen LogP contribution in [0.1, 0.15) is 72.8 Å². The molecular formula is C37H56ClN9O8. The van der Waals surface area contributed by atoms with Gasteiger partial charge < -0.3 is 53.5 Å². The largest absolute Gasteiger partial charge is 0.381 e. The minimum atomic E-state index is -2.27. The number of nitrogens with one attached hydrogen (secondary N) is 7. The van der Waals surface area contributed by atoms with Gasteiger partial charge in [-0.15, -0.1) is 0 Å². The zero-order valence-corrected chi connectivity index (χ0v) is 32.9. The number of H-pyrrole nitrogens is 1. The van der Waals surface area contributed by atoms with Gasteiger partial charge in [-0.25, -0.2) is 0 Å². The molecule has 0 spiro atoms. The molecule has 0 bridgehead atoms. The van der Waals surface area contributed by atoms with Gasteiger partial charge in [0.2, 0.25) is 41.4 Å². The molecule has 1 aliphatic rings. The normalized spacial score (nSPS) is 24.9. The lowest BCUT2D eigenvalue weighted by atomic mass is 9.95. The molecule has 12 N–H and O–H groups in total. The van der Waals surface area contributed by atoms with Crippen LogP contribution in [-0.4, -0.2) is 100 Å². The molecule has 17 nitrogen and oxygen atoms in total. The van der Waals surface area contributed by atoms with Gasteiger partial charge in [0.15, 0.2) is 6.10 Å². The highest BCUT2D eigenvalue weighted by molar-refractivity contribution is 6.31. The van der Waals surface area contributed by atoms with Crippen molar-refractivity contribution in [3.05, 3.63) is 35.0 Å². The molecule has 0 unspecified atom stereocenters. The van der Waals surface area contributed by atoms with Crippen LogP contribution >= 0.6 is 11.6 Å². The number of amides is 7. The van der Waals surface area contributed by atoms with Crippen molar-refractivity contribution in [1.82, 2.24) is 36.9 Å². The number of aromatic nitrogens is 1. The van der Waals surface area contributed by atoms with Crippen molar-refractivity contribution >= 4 is 63.9 Å². The lowest BCUT2D eigenvalue weighted by molar-refractivity contribution is -0.141. The fraction of sp³-hybridized carbons (Fsp3) is 0.595. The molecule has 1 aromatic heterocycles. The molecule has 0 radical (unpaired) electrons. The van der Waals surface area contributed by atoms with E-state index in [1.54, 1.807) is 45.2 Å². The molecule has 1 fully saturated rings. The van der Waals surface area contributed by atoms with Gasteiger partial charge >= 0.3 is 0 Å². The Morgan fingerprint density at radius 3 is 1.93 bits per heavy atom. The van der Waals surface area contributed by atoms with E-state index in [-0.39, 0.29) is 38.1 Å². The van der Waals surface area contributed by atoms with Crippen molar-refractivity contribution in [3.8, 4) is 0 Å². The Bertz CT molecular complexity index is 1720. The van der Waals surface area contributed by atoms with E-state index < -0.39 is 95.5 Å². The number of aliphatic hydroxyl groups is 1. The minimum Gasteiger partial charge on any atom is -0.381 e. The van der Waals surface area contributed by atoms with Gasteiger partial charge in [-0.2, -0.15) is 0 Å². The summed E-state index contributed by atoms with van der Waals surface area (Å²) in [7, 11) is 0. The van der Waals surface area contributed by atoms with Crippen LogP contribution in [0.5, 0.6) is 0 Å². The third-order valence-electron chi connectivity index (χ3n) is 9.68. The number of carbonyl (C=O) groups excluding carboxylic acids is 7. The number of benzene rings is 1. The predicted molar refractivity (Wildman–Crippen MR) is 206 cm³/mol. The highest BCUT2D eigenvalue weighted by Crippen LogP contribution is 2.24. The molecule has 304 valence electrons. The topological polar surface area (TPSA) is 280 Å². The number of carbonyl (C=O) groups is 7. The molecule has 8 atom stereocenters. The highest BCUT2D eigenvalue weighted by Gasteiger charge is 2.39. The van der Waals surface area contributed by atoms with Crippen LogP contribution < -0.4 is 43.4 Å². The van der Waals surface area contributed by atoms with Gasteiger partial charge in [0, 0.05) is 28.5 Å². The van der Waals surface area contributed by atoms with Gasteiger partial charge in [-0.3, -0.25) is 33.6 Å². The van der Waals surface area contributed by atoms with E-state index in [9.17, 15) is 38.7 Å². The first-order chi connectivity index (χ1) is 25.9. The molecule has 2 aromatic rings. The van der Waals surface area contributed by atoms with E-state index in [1.165, 1.54) is 0 Å². The Morgan fingerprint density at radius 1 is 0.782 bits per heavy atom. The van der Waals surface area contributed by atoms with Crippen molar-refractivity contribution in [2.75, 3.05) is 6.54 Å². The molecule has 1 aromatic carbocycles. The zero-order chi connectivity index (χ0) is 41.1. The van der Waals surface area contributed by atoms with Gasteiger partial charge in [-0.05, 0) is 67.3 Å². The van der Waals surface area contributed by atoms with E-state index in [2.05, 4.69) is 36.9 Å². The second-order valence-electron chi connectivity index (χ2n) is 14.9. The summed E-state index contributed by atoms with van der Waals surface area (Å²) in [6.45, 7) is 10.8. The van der Waals surface area contributed by atoms with Gasteiger partial charge in [-0.1, -0.05) is 59.6 Å². The number of primary amides is 1. The quantitative estimate of drug-likeness (QED) is 0.134. The van der Waals surface area contributed by atoms with E-state index in [0.29, 0.717) is 27.9 Å². The predicted octanol–water partition coefficient (Wildman–Crippen LogP) is -0.380. The third kappa shape index (κ3) is 12.1. The van der Waals surface area contributed by atoms with Gasteiger partial charge in [0.25, 0.3) is 0 Å². The van der Waals surface area contributed by atoms with E-state index in [0.717, 1.165) is 0 Å². The monoisotopic (exact) mass is 789 g/mol. The van der Waals surface area contributed by atoms with E-state index in [4.69, 9.17) is 23.1 Å². The number of hydrogen-bond acceptors (Lipinski definition) is 9. The number of nitrogens with two attached hydrogens (primary N) is 2. The summed E-state index contributed by atoms with van der Waals surface area (Å²) in [4.78, 5) is 99.0. The Labute approximate surface area is 325 Å². The lowest BCUT2D eigenvalue weighted by Crippen LogP contribution is -2.65. The summed E-state index contributed by atoms with van der Waals surface area (Å²) in [5.74, 6) is -7.39. The molecule has 0 aliphatic carbocycles. The van der Waals surface area contributed by atoms with E-state index >= 15 is 0 Å². The van der Waals surface area contributed by atoms with Crippen molar-refractivity contribution < 1.29 is 38.7 Å². The summed E-state index contributed by atoms with van der Waals surface area (Å²) in [6, 6.07) is -3.26. The van der Waals surface area contributed by atoms with Crippen LogP contribution in [-0.2, 0) is 40.0 Å². The number of hydrogen-bond donors (Lipinski definition) is 10. The maximum Gasteiger partial charge on any atom is 0.248 e. The maximum atomic E-state index is 14.2. The lowest BCUT2D eigenvalue weighted by Gasteiger charge is -2.32. The molecule has 1 saturated heterocycles. The fourth-order valence-corrected chi connectivity index (χ4v) is 6.45. The zero-order valence-electron chi connectivity index (χ0n) is 32.2. The van der Waals surface area contributed by atoms with Crippen LogP contribution in [0, 0.1) is 17.8 Å². The van der Waals surface area contributed by atoms with Crippen LogP contribution in [0.15, 0.2) is 24.4 Å². The molecule has 0 saturated carbocycles. The number of fused-ring (bicyclic) bond motifs is 1. The summed E-state index contributed by atoms with van der Waals surface area (Å²) < 4.78 is 0. The van der Waals surface area contributed by atoms with Crippen LogP contribution in [0.2, 0.25) is 5.02 Å². The first-order valence-corrected chi connectivity index (χ1v) is 19.0. The summed E-state index contributed by atoms with van der Waals surface area (Å²) in [6.07, 6.45) is 0.0242. The van der Waals surface area contributed by atoms with Crippen LogP contribution in [0.25, 0.3) is 10.9 Å². The number of rotatable bonds is 12. The van der Waals surface area contributed by atoms with Crippen molar-refractivity contribution in [1.29, 1.82) is 0 Å². The van der Waals surface area contributed by atoms with Crippen molar-refractivity contribution in [2.24, 2.45) is 29.2 Å². The highest BCUT2D eigenvalue weighted by atomic mass is 35.5. The number of aliphatic hydroxyl groups excluding tert-OH is 1. The average molecular weight is 790 g/mol. The van der Waals surface area contributed by atoms with Crippen LogP contribution in [0.3, 0.4) is 0 Å². The Hall–Kier alpha value is -4.74. The number of aromatic amines is 1. The smallest absolute Gasteiger partial charge is 0.248 e. The summed E-state index contributed by atoms with van der Waals surface area (Å²) in [5, 5.41) is 27.6. The molecular weight excluding hydrogens is 734 g/mol. The number of halogens is 1. The third-order valence-corrected chi connectivity index (χ3v) is 9.92. The molecule has 55 heavy (non-hydrogen) atoms. The minimum absolute atomic E-state index is 0.0208. The molecule has 18 heteroatoms. The fourth-order valence-electron chi connectivity index (χ4n) is 6.28. The molecule has 2 heterocycles. The second-order valence-corrected chi connectivity index (χ2v) is 15.3. The van der Waals surface area contributed by atoms with Crippen molar-refractivity contribution in [2.45, 2.75) is 116 Å². The SMILES string of the molecule is CC[C@H](C)[C@@H]1NC(=O)[C@H](CC(C)C)NC(=O)[C@H](C(C)C)NC(=O)[C@H](Cc2c[nH]c3ccc(Cl)cc23)NC(=O)[C@H]([C@H](O)C(N)=O)NC(=O)[C@H](CCCN)NC1=O. The average Bonchev–Trinajstić information content (AvgIpc) is 3.52. The summed E-state index contributed by atoms with van der Waals surface area (Å²) in [5.41, 5.74) is 12.3. The van der Waals surface area contributed by atoms with Crippen molar-refractivity contribution in [3.63, 3.8) is 0 Å². The molecule has 7 amide bonds. The van der Waals surface area contributed by atoms with E-state index in [1.807, 2.05) is 20.8 Å². The molecule has 3 rings (SSSR count). The van der Waals surface area contributed by atoms with Crippen LogP contribution in [0.4, 0.5) is 0 Å². The Morgan fingerprint density at radius 2 is 1.33 bits per heavy atom. The standard InChI is InChI=1S/C37H56ClN9O8/c1-7-19(6)28-36(54)42-24(9-8-12-39)32(50)47-29(30(48)31(40)49)37(55)44-26(14-20-16-41-23-11-10-21(38)15-22(20)23)34(52)45-27(18(4)5)35(53)43-25(13-17(2)3)33(51)46-28/h10-11,15-19,24-30,41,48H,7-9,12-14,39H2,1-6H3,(H2,40,49)(H,42,54)(H,43,53)(H,44,55)(H,45,52)(H,46,51)(H,47,50)/t19-,24-,25-,26-,27-,28-,29-,30-/m0/s1. The second kappa shape index (κ2) is 20.3.